The number of anilines is 2. The number of urea groups is 1. The summed E-state index contributed by atoms with van der Waals surface area (Å²) in [5.74, 6) is -0.785. The molecule has 3 N–H and O–H groups in total. The van der Waals surface area contributed by atoms with Crippen LogP contribution in [0.15, 0.2) is 71.8 Å². The van der Waals surface area contributed by atoms with Gasteiger partial charge >= 0.3 is 12.2 Å². The van der Waals surface area contributed by atoms with Crippen molar-refractivity contribution < 1.29 is 22.4 Å². The molecule has 162 valence electrons. The number of nitrogens with zero attached hydrogens (tertiary/aromatic N) is 1. The predicted octanol–water partition coefficient (Wildman–Crippen LogP) is 5.39. The van der Waals surface area contributed by atoms with Gasteiger partial charge in [-0.3, -0.25) is 9.78 Å². The lowest BCUT2D eigenvalue weighted by Crippen LogP contribution is -2.20. The molecular formula is C22H14F4N4O2. The van der Waals surface area contributed by atoms with Crippen molar-refractivity contribution >= 4 is 28.3 Å². The van der Waals surface area contributed by atoms with E-state index in [4.69, 9.17) is 0 Å². The molecular weight excluding hydrogens is 428 g/mol. The van der Waals surface area contributed by atoms with Crippen LogP contribution in [0, 0.1) is 5.82 Å². The second-order valence-corrected chi connectivity index (χ2v) is 6.83. The van der Waals surface area contributed by atoms with Crippen LogP contribution in [0.5, 0.6) is 0 Å². The monoisotopic (exact) mass is 442 g/mol. The molecule has 6 nitrogen and oxygen atoms in total. The van der Waals surface area contributed by atoms with E-state index < -0.39 is 29.1 Å². The summed E-state index contributed by atoms with van der Waals surface area (Å²) in [4.78, 5) is 31.4. The number of hydrogen-bond acceptors (Lipinski definition) is 3. The van der Waals surface area contributed by atoms with Gasteiger partial charge in [0.15, 0.2) is 0 Å². The Bertz CT molecular complexity index is 1380. The van der Waals surface area contributed by atoms with E-state index in [-0.39, 0.29) is 16.9 Å². The van der Waals surface area contributed by atoms with Crippen molar-refractivity contribution in [1.82, 2.24) is 9.97 Å². The Labute approximate surface area is 177 Å². The van der Waals surface area contributed by atoms with Gasteiger partial charge in [-0.15, -0.1) is 0 Å². The highest BCUT2D eigenvalue weighted by Crippen LogP contribution is 2.31. The number of amides is 2. The minimum absolute atomic E-state index is 0.118. The normalized spacial score (nSPS) is 11.4. The van der Waals surface area contributed by atoms with E-state index in [9.17, 15) is 27.2 Å². The number of carbonyl (C=O) groups excluding carboxylic acids is 1. The highest BCUT2D eigenvalue weighted by Gasteiger charge is 2.30. The third-order valence-corrected chi connectivity index (χ3v) is 4.62. The molecule has 0 radical (unpaired) electrons. The molecule has 0 spiro atoms. The standard InChI is InChI=1S/C22H14F4N4O2/c23-17-5-4-12(16-8-13-11-27-7-6-18(13)29-20(16)31)9-19(17)30-21(32)28-15-3-1-2-14(10-15)22(24,25)26/h1-11H,(H,29,31)(H2,28,30,32). The van der Waals surface area contributed by atoms with Crippen LogP contribution in [0.4, 0.5) is 33.7 Å². The Morgan fingerprint density at radius 3 is 2.59 bits per heavy atom. The molecule has 32 heavy (non-hydrogen) atoms. The Balaban J connectivity index is 1.59. The molecule has 0 atom stereocenters. The van der Waals surface area contributed by atoms with Gasteiger partial charge in [0.2, 0.25) is 0 Å². The third-order valence-electron chi connectivity index (χ3n) is 4.62. The lowest BCUT2D eigenvalue weighted by atomic mass is 10.0. The number of H-pyrrole nitrogens is 1. The smallest absolute Gasteiger partial charge is 0.321 e. The number of aromatic nitrogens is 2. The Kier molecular flexibility index (Phi) is 5.35. The number of pyridine rings is 2. The van der Waals surface area contributed by atoms with Gasteiger partial charge in [-0.1, -0.05) is 12.1 Å². The van der Waals surface area contributed by atoms with Crippen molar-refractivity contribution in [2.75, 3.05) is 10.6 Å². The SMILES string of the molecule is O=C(Nc1cccc(C(F)(F)F)c1)Nc1cc(-c2cc3cnccc3[nH]c2=O)ccc1F. The van der Waals surface area contributed by atoms with Crippen LogP contribution in [-0.4, -0.2) is 16.0 Å². The fourth-order valence-corrected chi connectivity index (χ4v) is 3.11. The van der Waals surface area contributed by atoms with E-state index in [0.29, 0.717) is 16.5 Å². The molecule has 2 aromatic carbocycles. The lowest BCUT2D eigenvalue weighted by molar-refractivity contribution is -0.137. The van der Waals surface area contributed by atoms with E-state index in [2.05, 4.69) is 20.6 Å². The first-order valence-electron chi connectivity index (χ1n) is 9.23. The highest BCUT2D eigenvalue weighted by atomic mass is 19.4. The first kappa shape index (κ1) is 21.0. The quantitative estimate of drug-likeness (QED) is 0.372. The van der Waals surface area contributed by atoms with Crippen molar-refractivity contribution in [3.8, 4) is 11.1 Å². The number of fused-ring (bicyclic) bond motifs is 1. The fraction of sp³-hybridized carbons (Fsp3) is 0.0455. The van der Waals surface area contributed by atoms with Crippen LogP contribution in [-0.2, 0) is 6.18 Å². The second-order valence-electron chi connectivity index (χ2n) is 6.83. The first-order valence-corrected chi connectivity index (χ1v) is 9.23. The number of rotatable bonds is 3. The van der Waals surface area contributed by atoms with Gasteiger partial charge in [-0.25, -0.2) is 9.18 Å². The summed E-state index contributed by atoms with van der Waals surface area (Å²) in [6.45, 7) is 0. The van der Waals surface area contributed by atoms with Gasteiger partial charge in [0, 0.05) is 29.0 Å². The molecule has 0 aliphatic carbocycles. The molecule has 0 bridgehead atoms. The molecule has 0 saturated heterocycles. The van der Waals surface area contributed by atoms with Gasteiger partial charge in [0.05, 0.1) is 16.8 Å². The van der Waals surface area contributed by atoms with Crippen molar-refractivity contribution in [3.63, 3.8) is 0 Å². The van der Waals surface area contributed by atoms with Crippen LogP contribution in [0.3, 0.4) is 0 Å². The summed E-state index contributed by atoms with van der Waals surface area (Å²) in [6, 6.07) is 10.0. The van der Waals surface area contributed by atoms with Crippen LogP contribution < -0.4 is 16.2 Å². The molecule has 0 aliphatic heterocycles. The van der Waals surface area contributed by atoms with Gasteiger partial charge in [-0.2, -0.15) is 13.2 Å². The maximum absolute atomic E-state index is 14.3. The zero-order valence-corrected chi connectivity index (χ0v) is 16.1. The van der Waals surface area contributed by atoms with Crippen molar-refractivity contribution in [2.45, 2.75) is 6.18 Å². The minimum Gasteiger partial charge on any atom is -0.321 e. The molecule has 0 aliphatic rings. The Morgan fingerprint density at radius 2 is 1.81 bits per heavy atom. The lowest BCUT2D eigenvalue weighted by Gasteiger charge is -2.12. The molecule has 2 aromatic heterocycles. The predicted molar refractivity (Wildman–Crippen MR) is 112 cm³/mol. The number of hydrogen-bond donors (Lipinski definition) is 3. The van der Waals surface area contributed by atoms with Crippen LogP contribution in [0.1, 0.15) is 5.56 Å². The van der Waals surface area contributed by atoms with E-state index in [1.165, 1.54) is 24.4 Å². The molecule has 0 saturated carbocycles. The molecule has 4 rings (SSSR count). The van der Waals surface area contributed by atoms with Crippen LogP contribution in [0.25, 0.3) is 22.0 Å². The molecule has 4 aromatic rings. The van der Waals surface area contributed by atoms with Gasteiger partial charge in [0.25, 0.3) is 5.56 Å². The van der Waals surface area contributed by atoms with E-state index in [1.807, 2.05) is 0 Å². The van der Waals surface area contributed by atoms with Gasteiger partial charge in [0.1, 0.15) is 5.82 Å². The molecule has 0 fully saturated rings. The van der Waals surface area contributed by atoms with E-state index in [0.717, 1.165) is 24.3 Å². The number of carbonyl (C=O) groups is 1. The zero-order chi connectivity index (χ0) is 22.9. The molecule has 10 heteroatoms. The molecule has 2 amide bonds. The van der Waals surface area contributed by atoms with Crippen LogP contribution in [0.2, 0.25) is 0 Å². The summed E-state index contributed by atoms with van der Waals surface area (Å²) >= 11 is 0. The average molecular weight is 442 g/mol. The number of aromatic amines is 1. The van der Waals surface area contributed by atoms with E-state index >= 15 is 0 Å². The number of alkyl halides is 3. The largest absolute Gasteiger partial charge is 0.416 e. The Morgan fingerprint density at radius 1 is 1.00 bits per heavy atom. The summed E-state index contributed by atoms with van der Waals surface area (Å²) in [6.07, 6.45) is -1.49. The highest BCUT2D eigenvalue weighted by molar-refractivity contribution is 6.00. The maximum atomic E-state index is 14.3. The Hall–Kier alpha value is -4.21. The fourth-order valence-electron chi connectivity index (χ4n) is 3.11. The first-order chi connectivity index (χ1) is 15.2. The maximum Gasteiger partial charge on any atom is 0.416 e. The van der Waals surface area contributed by atoms with Gasteiger partial charge < -0.3 is 15.6 Å². The number of nitrogens with one attached hydrogen (secondary N) is 3. The summed E-state index contributed by atoms with van der Waals surface area (Å²) in [5, 5.41) is 5.14. The summed E-state index contributed by atoms with van der Waals surface area (Å²) < 4.78 is 52.8. The van der Waals surface area contributed by atoms with Gasteiger partial charge in [-0.05, 0) is 48.0 Å². The number of halogens is 4. The molecule has 2 heterocycles. The second kappa shape index (κ2) is 8.14. The van der Waals surface area contributed by atoms with Crippen molar-refractivity contribution in [1.29, 1.82) is 0 Å². The average Bonchev–Trinajstić information content (AvgIpc) is 2.74. The van der Waals surface area contributed by atoms with Crippen molar-refractivity contribution in [2.24, 2.45) is 0 Å². The van der Waals surface area contributed by atoms with Crippen LogP contribution >= 0.6 is 0 Å². The number of benzene rings is 2. The third kappa shape index (κ3) is 4.43. The van der Waals surface area contributed by atoms with Crippen molar-refractivity contribution in [3.05, 3.63) is 88.7 Å². The summed E-state index contributed by atoms with van der Waals surface area (Å²) in [7, 11) is 0. The topological polar surface area (TPSA) is 86.9 Å². The summed E-state index contributed by atoms with van der Waals surface area (Å²) in [5.41, 5.74) is -0.595. The zero-order valence-electron chi connectivity index (χ0n) is 16.1. The van der Waals surface area contributed by atoms with E-state index in [1.54, 1.807) is 18.3 Å². The molecule has 0 unspecified atom stereocenters. The minimum atomic E-state index is -4.57.